The van der Waals surface area contributed by atoms with Crippen LogP contribution in [0.3, 0.4) is 0 Å². The van der Waals surface area contributed by atoms with Gasteiger partial charge in [0.05, 0.1) is 0 Å². The predicted molar refractivity (Wildman–Crippen MR) is 104 cm³/mol. The van der Waals surface area contributed by atoms with E-state index in [0.29, 0.717) is 0 Å². The van der Waals surface area contributed by atoms with Crippen molar-refractivity contribution in [2.24, 2.45) is 0 Å². The van der Waals surface area contributed by atoms with Crippen LogP contribution >= 0.6 is 0 Å². The molecular formula is C16H31AuKO16PdZn. The SMILES string of the molecule is CC(=O)O.CC(=O)O.CC(=O)O.CC(=O)O.CC(=O)O.CC(=O)O.CC(=O)O.CC(=O)[O-].[Au].[K+].[Pd].[Zn]. The molecule has 0 aliphatic carbocycles. The summed E-state index contributed by atoms with van der Waals surface area (Å²) in [5.41, 5.74) is 0. The first-order valence-electron chi connectivity index (χ1n) is 7.40. The topological polar surface area (TPSA) is 301 Å². The predicted octanol–water partition coefficient (Wildman–Crippen LogP) is -3.61. The molecule has 0 heterocycles. The molecule has 0 spiro atoms. The van der Waals surface area contributed by atoms with Gasteiger partial charge in [-0.25, -0.2) is 0 Å². The summed E-state index contributed by atoms with van der Waals surface area (Å²) in [6.45, 7) is 8.56. The summed E-state index contributed by atoms with van der Waals surface area (Å²) < 4.78 is 0. The number of carboxylic acids is 8. The van der Waals surface area contributed by atoms with Crippen LogP contribution in [-0.2, 0) is 101 Å². The van der Waals surface area contributed by atoms with Crippen molar-refractivity contribution in [1.82, 2.24) is 0 Å². The molecule has 0 aromatic carbocycles. The van der Waals surface area contributed by atoms with E-state index in [1.165, 1.54) is 0 Å². The summed E-state index contributed by atoms with van der Waals surface area (Å²) in [4.78, 5) is 71.9. The van der Waals surface area contributed by atoms with Gasteiger partial charge in [-0.05, 0) is 6.92 Å². The first-order chi connectivity index (χ1) is 13.9. The molecule has 0 unspecified atom stereocenters. The fraction of sp³-hybridized carbons (Fsp3) is 0.500. The maximum absolute atomic E-state index is 9.00. The van der Waals surface area contributed by atoms with Crippen molar-refractivity contribution in [3.05, 3.63) is 0 Å². The van der Waals surface area contributed by atoms with Crippen molar-refractivity contribution in [2.45, 2.75) is 55.4 Å². The smallest absolute Gasteiger partial charge is 0.550 e. The van der Waals surface area contributed by atoms with Crippen molar-refractivity contribution in [1.29, 1.82) is 0 Å². The van der Waals surface area contributed by atoms with Gasteiger partial charge in [-0.15, -0.1) is 0 Å². The van der Waals surface area contributed by atoms with Crippen LogP contribution in [0.25, 0.3) is 0 Å². The third-order valence-corrected chi connectivity index (χ3v) is 0. The van der Waals surface area contributed by atoms with Crippen LogP contribution in [0.4, 0.5) is 0 Å². The Morgan fingerprint density at radius 2 is 0.417 bits per heavy atom. The van der Waals surface area contributed by atoms with E-state index in [1.807, 2.05) is 0 Å². The fourth-order valence-corrected chi connectivity index (χ4v) is 0. The Labute approximate surface area is 292 Å². The summed E-state index contributed by atoms with van der Waals surface area (Å²) in [7, 11) is 0. The average Bonchev–Trinajstić information content (AvgIpc) is 2.30. The van der Waals surface area contributed by atoms with Gasteiger partial charge in [0, 0.05) is 117 Å². The molecule has 36 heavy (non-hydrogen) atoms. The average molecular weight is 887 g/mol. The minimum absolute atomic E-state index is 0. The molecule has 20 heteroatoms. The summed E-state index contributed by atoms with van der Waals surface area (Å²) in [6, 6.07) is 0. The molecule has 7 N–H and O–H groups in total. The molecule has 0 amide bonds. The number of rotatable bonds is 0. The van der Waals surface area contributed by atoms with Crippen molar-refractivity contribution >= 4 is 47.8 Å². The van der Waals surface area contributed by atoms with Crippen LogP contribution in [0.2, 0.25) is 0 Å². The van der Waals surface area contributed by atoms with Crippen molar-refractivity contribution in [3.8, 4) is 0 Å². The van der Waals surface area contributed by atoms with Crippen LogP contribution < -0.4 is 56.5 Å². The molecular weight excluding hydrogens is 856 g/mol. The van der Waals surface area contributed by atoms with Crippen LogP contribution in [0.5, 0.6) is 0 Å². The zero-order valence-corrected chi connectivity index (χ0v) is 30.9. The number of hydrogen-bond donors (Lipinski definition) is 7. The molecule has 0 rings (SSSR count). The summed E-state index contributed by atoms with van der Waals surface area (Å²) in [5.74, 6) is -6.92. The van der Waals surface area contributed by atoms with Gasteiger partial charge in [0.25, 0.3) is 41.8 Å². The maximum Gasteiger partial charge on any atom is 1.00 e. The van der Waals surface area contributed by atoms with Gasteiger partial charge in [-0.1, -0.05) is 0 Å². The van der Waals surface area contributed by atoms with Gasteiger partial charge < -0.3 is 45.6 Å². The van der Waals surface area contributed by atoms with E-state index in [9.17, 15) is 0 Å². The second kappa shape index (κ2) is 70.1. The summed E-state index contributed by atoms with van der Waals surface area (Å²) >= 11 is 0. The molecule has 0 bridgehead atoms. The Hall–Kier alpha value is -0.578. The molecule has 0 saturated heterocycles. The molecule has 0 aliphatic rings. The molecule has 0 atom stereocenters. The van der Waals surface area contributed by atoms with Gasteiger partial charge in [0.1, 0.15) is 0 Å². The second-order valence-electron chi connectivity index (χ2n) is 4.12. The van der Waals surface area contributed by atoms with Gasteiger partial charge in [0.15, 0.2) is 0 Å². The number of carbonyl (C=O) groups excluding carboxylic acids is 1. The molecule has 215 valence electrons. The zero-order valence-electron chi connectivity index (χ0n) is 21.1. The Bertz CT molecular complexity index is 386. The molecule has 0 fully saturated rings. The second-order valence-corrected chi connectivity index (χ2v) is 4.12. The van der Waals surface area contributed by atoms with Crippen LogP contribution in [0, 0.1) is 0 Å². The molecule has 16 nitrogen and oxygen atoms in total. The van der Waals surface area contributed by atoms with E-state index in [2.05, 4.69) is 0 Å². The standard InChI is InChI=1S/8C2H4O2.Au.K.Pd.Zn/c8*1-2(3)4;;;;/h8*1H3,(H,3,4);;;;/q;;;;;;;;;+1;;/p-1. The first-order valence-corrected chi connectivity index (χ1v) is 7.40. The Kier molecular flexibility index (Phi) is 149. The Morgan fingerprint density at radius 3 is 0.417 bits per heavy atom. The third-order valence-electron chi connectivity index (χ3n) is 0. The summed E-state index contributed by atoms with van der Waals surface area (Å²) in [6.07, 6.45) is 0. The fourth-order valence-electron chi connectivity index (χ4n) is 0. The van der Waals surface area contributed by atoms with Gasteiger partial charge >= 0.3 is 51.4 Å². The molecule has 0 aliphatic heterocycles. The van der Waals surface area contributed by atoms with E-state index < -0.39 is 47.8 Å². The first kappa shape index (κ1) is 76.5. The molecule has 0 saturated carbocycles. The quantitative estimate of drug-likeness (QED) is 0.116. The minimum Gasteiger partial charge on any atom is -0.550 e. The maximum atomic E-state index is 9.00. The van der Waals surface area contributed by atoms with Crippen molar-refractivity contribution in [2.75, 3.05) is 0 Å². The van der Waals surface area contributed by atoms with Gasteiger partial charge in [-0.3, -0.25) is 33.6 Å². The Balaban J connectivity index is -0.0000000180. The number of aliphatic carboxylic acids is 8. The minimum atomic E-state index is -1.08. The number of carbonyl (C=O) groups is 8. The molecule has 1 radical (unpaired) electrons. The molecule has 0 aromatic rings. The van der Waals surface area contributed by atoms with E-state index in [-0.39, 0.29) is 114 Å². The summed E-state index contributed by atoms with van der Waals surface area (Å²) in [5, 5.41) is 60.8. The Morgan fingerprint density at radius 1 is 0.417 bits per heavy atom. The van der Waals surface area contributed by atoms with Crippen LogP contribution in [-0.4, -0.2) is 83.5 Å². The van der Waals surface area contributed by atoms with Crippen LogP contribution in [0.1, 0.15) is 55.4 Å². The number of hydrogen-bond acceptors (Lipinski definition) is 9. The normalized spacial score (nSPS) is 5.56. The van der Waals surface area contributed by atoms with E-state index in [0.717, 1.165) is 55.4 Å². The van der Waals surface area contributed by atoms with E-state index in [1.54, 1.807) is 0 Å². The largest absolute Gasteiger partial charge is 1.00 e. The van der Waals surface area contributed by atoms with E-state index in [4.69, 9.17) is 79.2 Å². The van der Waals surface area contributed by atoms with Crippen LogP contribution in [0.15, 0.2) is 0 Å². The van der Waals surface area contributed by atoms with Crippen molar-refractivity contribution in [3.63, 3.8) is 0 Å². The zero-order chi connectivity index (χ0) is 28.6. The third kappa shape index (κ3) is 105000. The van der Waals surface area contributed by atoms with E-state index >= 15 is 0 Å². The molecule has 0 aromatic heterocycles. The monoisotopic (exact) mass is 885 g/mol. The van der Waals surface area contributed by atoms with Gasteiger partial charge in [-0.2, -0.15) is 0 Å². The van der Waals surface area contributed by atoms with Crippen molar-refractivity contribution < 1.29 is 193 Å². The number of carboxylic acid groups (broad SMARTS) is 8. The van der Waals surface area contributed by atoms with Gasteiger partial charge in [0.2, 0.25) is 0 Å².